The molecule has 10 heteroatoms. The Morgan fingerprint density at radius 3 is 2.00 bits per heavy atom. The Labute approximate surface area is 196 Å². The van der Waals surface area contributed by atoms with E-state index in [1.165, 1.54) is 24.3 Å². The quantitative estimate of drug-likeness (QED) is 0.139. The van der Waals surface area contributed by atoms with Gasteiger partial charge in [-0.15, -0.1) is 0 Å². The molecular weight excluding hydrogens is 448 g/mol. The molecule has 188 valence electrons. The molecule has 0 amide bonds. The van der Waals surface area contributed by atoms with Crippen LogP contribution in [-0.4, -0.2) is 77.8 Å². The van der Waals surface area contributed by atoms with Gasteiger partial charge in [-0.3, -0.25) is 0 Å². The van der Waals surface area contributed by atoms with Gasteiger partial charge in [0, 0.05) is 0 Å². The van der Waals surface area contributed by atoms with Gasteiger partial charge in [0.2, 0.25) is 0 Å². The van der Waals surface area contributed by atoms with Crippen LogP contribution >= 0.6 is 0 Å². The highest BCUT2D eigenvalue weighted by Crippen LogP contribution is 2.31. The second kappa shape index (κ2) is 11.2. The summed E-state index contributed by atoms with van der Waals surface area (Å²) in [5.74, 6) is -3.37. The minimum Gasteiger partial charge on any atom is -0.504 e. The first-order chi connectivity index (χ1) is 16.1. The predicted octanol–water partition coefficient (Wildman–Crippen LogP) is 0.999. The Morgan fingerprint density at radius 1 is 0.824 bits per heavy atom. The minimum absolute atomic E-state index is 0.191. The van der Waals surface area contributed by atoms with E-state index in [2.05, 4.69) is 0 Å². The Kier molecular flexibility index (Phi) is 8.58. The number of phenols is 4. The van der Waals surface area contributed by atoms with Crippen LogP contribution in [0.2, 0.25) is 0 Å². The smallest absolute Gasteiger partial charge is 0.311 e. The summed E-state index contributed by atoms with van der Waals surface area (Å²) < 4.78 is 10.8. The summed E-state index contributed by atoms with van der Waals surface area (Å²) in [6.07, 6.45) is -2.30. The molecule has 8 N–H and O–H groups in total. The summed E-state index contributed by atoms with van der Waals surface area (Å²) in [6, 6.07) is 9.05. The molecule has 1 unspecified atom stereocenters. The van der Waals surface area contributed by atoms with Crippen LogP contribution in [-0.2, 0) is 22.3 Å². The first-order valence-electron chi connectivity index (χ1n) is 11.2. The van der Waals surface area contributed by atoms with E-state index in [-0.39, 0.29) is 23.0 Å². The van der Waals surface area contributed by atoms with E-state index in [4.69, 9.17) is 9.47 Å². The molecule has 1 saturated heterocycles. The van der Waals surface area contributed by atoms with Crippen molar-refractivity contribution < 1.29 is 50.3 Å². The number of aryl methyl sites for hydroxylation is 2. The maximum atomic E-state index is 10.7. The van der Waals surface area contributed by atoms with Crippen LogP contribution in [0, 0.1) is 0 Å². The molecule has 0 aromatic heterocycles. The zero-order chi connectivity index (χ0) is 24.9. The fraction of sp³-hybridized carbons (Fsp3) is 0.500. The highest BCUT2D eigenvalue weighted by molar-refractivity contribution is 5.41. The number of phenolic OH excluding ortho intramolecular Hbond substituents is 4. The molecule has 2 aromatic carbocycles. The zero-order valence-electron chi connectivity index (χ0n) is 18.6. The van der Waals surface area contributed by atoms with Gasteiger partial charge in [-0.2, -0.15) is 0 Å². The molecule has 1 fully saturated rings. The summed E-state index contributed by atoms with van der Waals surface area (Å²) in [4.78, 5) is 0. The van der Waals surface area contributed by atoms with Crippen molar-refractivity contribution in [1.29, 1.82) is 0 Å². The van der Waals surface area contributed by atoms with Gasteiger partial charge < -0.3 is 50.3 Å². The molecule has 1 aliphatic heterocycles. The third kappa shape index (κ3) is 6.50. The molecule has 5 atom stereocenters. The summed E-state index contributed by atoms with van der Waals surface area (Å²) in [7, 11) is 0. The van der Waals surface area contributed by atoms with E-state index >= 15 is 0 Å². The lowest BCUT2D eigenvalue weighted by molar-refractivity contribution is -0.441. The lowest BCUT2D eigenvalue weighted by Crippen LogP contribution is -2.63. The zero-order valence-corrected chi connectivity index (χ0v) is 18.6. The largest absolute Gasteiger partial charge is 0.504 e. The average molecular weight is 481 g/mol. The van der Waals surface area contributed by atoms with E-state index in [1.807, 2.05) is 0 Å². The molecule has 0 spiro atoms. The Balaban J connectivity index is 1.62. The van der Waals surface area contributed by atoms with E-state index in [1.54, 1.807) is 12.1 Å². The number of unbranched alkanes of at least 4 members (excludes halogenated alkanes) is 1. The monoisotopic (exact) mass is 480 g/mol. The van der Waals surface area contributed by atoms with Crippen LogP contribution < -0.4 is 0 Å². The van der Waals surface area contributed by atoms with Crippen LogP contribution in [0.3, 0.4) is 0 Å². The molecule has 34 heavy (non-hydrogen) atoms. The van der Waals surface area contributed by atoms with Crippen molar-refractivity contribution in [3.63, 3.8) is 0 Å². The van der Waals surface area contributed by atoms with Crippen molar-refractivity contribution in [1.82, 2.24) is 0 Å². The van der Waals surface area contributed by atoms with Crippen LogP contribution in [0.4, 0.5) is 0 Å². The minimum atomic E-state index is -2.50. The third-order valence-corrected chi connectivity index (χ3v) is 5.96. The molecule has 10 nitrogen and oxygen atoms in total. The lowest BCUT2D eigenvalue weighted by Gasteiger charge is -2.42. The lowest BCUT2D eigenvalue weighted by atomic mass is 9.99. The summed E-state index contributed by atoms with van der Waals surface area (Å²) >= 11 is 0. The van der Waals surface area contributed by atoms with Crippen molar-refractivity contribution in [2.45, 2.75) is 68.9 Å². The Hall–Kier alpha value is -2.60. The Morgan fingerprint density at radius 2 is 1.41 bits per heavy atom. The van der Waals surface area contributed by atoms with Gasteiger partial charge in [0.05, 0.1) is 12.7 Å². The van der Waals surface area contributed by atoms with E-state index in [0.29, 0.717) is 38.5 Å². The molecule has 0 radical (unpaired) electrons. The fourth-order valence-electron chi connectivity index (χ4n) is 3.90. The number of hydrogen-bond donors (Lipinski definition) is 8. The van der Waals surface area contributed by atoms with E-state index < -0.39 is 37.0 Å². The standard InChI is InChI=1S/C24H32O10/c25-17-9-6-14(11-19(17)27)3-1-2-4-16(8-5-15-7-10-18(26)20(28)12-15)34-24(32)23(31)22(30)21(29)13-33-24/h6-7,9-12,16,21-23,25-32H,1-5,8,13H2/t16?,21-,22-,23-,24+/m1/s1. The van der Waals surface area contributed by atoms with Crippen LogP contribution in [0.25, 0.3) is 0 Å². The van der Waals surface area contributed by atoms with E-state index in [9.17, 15) is 40.9 Å². The second-order valence-electron chi connectivity index (χ2n) is 8.61. The van der Waals surface area contributed by atoms with Gasteiger partial charge in [-0.05, 0) is 67.5 Å². The normalized spacial score (nSPS) is 25.8. The van der Waals surface area contributed by atoms with Gasteiger partial charge in [0.15, 0.2) is 29.1 Å². The van der Waals surface area contributed by atoms with Crippen molar-refractivity contribution >= 4 is 0 Å². The first-order valence-corrected chi connectivity index (χ1v) is 11.2. The predicted molar refractivity (Wildman–Crippen MR) is 119 cm³/mol. The maximum Gasteiger partial charge on any atom is 0.311 e. The highest BCUT2D eigenvalue weighted by Gasteiger charge is 2.51. The summed E-state index contributed by atoms with van der Waals surface area (Å²) in [6.45, 7) is -0.419. The number of benzene rings is 2. The SMILES string of the molecule is Oc1ccc(CCCCC(CCc2ccc(O)c(O)c2)O[C@@]2(O)OC[C@@H](O)[C@@H](O)[C@H]2O)cc1O. The van der Waals surface area contributed by atoms with Gasteiger partial charge >= 0.3 is 5.97 Å². The number of aromatic hydroxyl groups is 4. The maximum absolute atomic E-state index is 10.7. The van der Waals surface area contributed by atoms with E-state index in [0.717, 1.165) is 11.1 Å². The number of ether oxygens (including phenoxy) is 2. The highest BCUT2D eigenvalue weighted by atomic mass is 16.8. The summed E-state index contributed by atoms with van der Waals surface area (Å²) in [5.41, 5.74) is 1.56. The van der Waals surface area contributed by atoms with Gasteiger partial charge in [-0.1, -0.05) is 18.6 Å². The molecule has 2 aromatic rings. The molecule has 0 saturated carbocycles. The topological polar surface area (TPSA) is 180 Å². The third-order valence-electron chi connectivity index (χ3n) is 5.96. The number of hydrogen-bond acceptors (Lipinski definition) is 10. The molecule has 1 heterocycles. The van der Waals surface area contributed by atoms with Crippen molar-refractivity contribution in [3.05, 3.63) is 47.5 Å². The Bertz CT molecular complexity index is 951. The fourth-order valence-corrected chi connectivity index (χ4v) is 3.90. The van der Waals surface area contributed by atoms with Crippen LogP contribution in [0.5, 0.6) is 23.0 Å². The molecular formula is C24H32O10. The second-order valence-corrected chi connectivity index (χ2v) is 8.61. The van der Waals surface area contributed by atoms with Gasteiger partial charge in [-0.25, -0.2) is 0 Å². The molecule has 0 bridgehead atoms. The number of rotatable bonds is 10. The van der Waals surface area contributed by atoms with Crippen molar-refractivity contribution in [3.8, 4) is 23.0 Å². The number of aliphatic hydroxyl groups excluding tert-OH is 3. The van der Waals surface area contributed by atoms with Gasteiger partial charge in [0.1, 0.15) is 12.2 Å². The molecule has 0 aliphatic carbocycles. The summed E-state index contributed by atoms with van der Waals surface area (Å²) in [5, 5.41) is 78.7. The van der Waals surface area contributed by atoms with Crippen molar-refractivity contribution in [2.75, 3.05) is 6.61 Å². The molecule has 3 rings (SSSR count). The van der Waals surface area contributed by atoms with Gasteiger partial charge in [0.25, 0.3) is 0 Å². The first kappa shape index (κ1) is 26.0. The van der Waals surface area contributed by atoms with Crippen LogP contribution in [0.1, 0.15) is 36.8 Å². The van der Waals surface area contributed by atoms with Crippen molar-refractivity contribution in [2.24, 2.45) is 0 Å². The molecule has 1 aliphatic rings. The van der Waals surface area contributed by atoms with Crippen LogP contribution in [0.15, 0.2) is 36.4 Å². The average Bonchev–Trinajstić information content (AvgIpc) is 2.81. The number of aliphatic hydroxyl groups is 4.